The minimum atomic E-state index is 0. The van der Waals surface area contributed by atoms with Crippen LogP contribution >= 0.6 is 0 Å². The Labute approximate surface area is 86.0 Å². The van der Waals surface area contributed by atoms with Gasteiger partial charge in [0, 0.05) is 0 Å². The first-order valence-corrected chi connectivity index (χ1v) is 0.853. The fourth-order valence-electron chi connectivity index (χ4n) is 0. The van der Waals surface area contributed by atoms with Gasteiger partial charge in [0.2, 0.25) is 0 Å². The molecule has 0 aliphatic carbocycles. The molecule has 0 amide bonds. The molecule has 0 bridgehead atoms. The summed E-state index contributed by atoms with van der Waals surface area (Å²) in [5, 5.41) is 18.8. The van der Waals surface area contributed by atoms with E-state index in [9.17, 15) is 0 Å². The molecular weight excluding hydrogens is 188 g/mol. The average Bonchev–Trinajstić information content (AvgIpc) is 2.03. The van der Waals surface area contributed by atoms with E-state index < -0.39 is 0 Å². The molecule has 0 aliphatic rings. The topological polar surface area (TPSA) is 111 Å². The van der Waals surface area contributed by atoms with Gasteiger partial charge in [-0.05, 0) is 0 Å². The van der Waals surface area contributed by atoms with E-state index in [0.29, 0.717) is 0 Å². The minimum absolute atomic E-state index is 0. The van der Waals surface area contributed by atoms with Crippen LogP contribution in [0.25, 0.3) is 5.59 Å². The molecule has 0 aromatic heterocycles. The number of hydrogen-bond donors (Lipinski definition) is 0. The summed E-state index contributed by atoms with van der Waals surface area (Å²) in [4.78, 5) is 7.25. The predicted octanol–water partition coefficient (Wildman–Crippen LogP) is 0.228. The van der Waals surface area contributed by atoms with Crippen molar-refractivity contribution in [2.45, 2.75) is 0 Å². The van der Waals surface area contributed by atoms with E-state index in [4.69, 9.17) is 46.0 Å². The Hall–Kier alpha value is -0.644. The van der Waals surface area contributed by atoms with Gasteiger partial charge >= 0.3 is 40.1 Å². The van der Waals surface area contributed by atoms with Crippen LogP contribution in [0, 0.1) is 40.4 Å². The first-order chi connectivity index (χ1) is 4.00. The SMILES string of the molecule is [C-]#N.[C-]#N.[C-]#N.[Fe+2].[Mg+2].[N-]=O. The van der Waals surface area contributed by atoms with E-state index in [1.165, 1.54) is 0 Å². The van der Waals surface area contributed by atoms with Crippen molar-refractivity contribution in [2.75, 3.05) is 0 Å². The molecule has 10 heavy (non-hydrogen) atoms. The van der Waals surface area contributed by atoms with Gasteiger partial charge in [-0.15, -0.1) is 0 Å². The van der Waals surface area contributed by atoms with E-state index in [1.54, 1.807) is 0 Å². The molecule has 0 saturated carbocycles. The van der Waals surface area contributed by atoms with Crippen LogP contribution in [0.2, 0.25) is 0 Å². The molecule has 0 aliphatic heterocycles. The van der Waals surface area contributed by atoms with Gasteiger partial charge in [0.25, 0.3) is 0 Å². The molecule has 0 heterocycles. The molecule has 48 valence electrons. The number of nitroso groups, excluding NO2 is 1. The molecule has 0 spiro atoms. The Kier molecular flexibility index (Phi) is 6320. The van der Waals surface area contributed by atoms with Crippen LogP contribution in [0.15, 0.2) is 0 Å². The summed E-state index contributed by atoms with van der Waals surface area (Å²) in [6, 6.07) is 0. The number of rotatable bonds is 0. The first-order valence-electron chi connectivity index (χ1n) is 0.853. The zero-order valence-corrected chi connectivity index (χ0v) is 7.28. The van der Waals surface area contributed by atoms with Gasteiger partial charge in [0.1, 0.15) is 0 Å². The second kappa shape index (κ2) is 1090. The molecule has 0 rings (SSSR count). The van der Waals surface area contributed by atoms with Crippen molar-refractivity contribution in [3.05, 3.63) is 30.2 Å². The maximum absolute atomic E-state index is 7.25. The third kappa shape index (κ3) is 716. The third-order valence-electron chi connectivity index (χ3n) is 0. The number of hydrogen-bond acceptors (Lipinski definition) is 4. The molecule has 0 N–H and O–H groups in total. The Bertz CT molecular complexity index is 58.4. The zero-order chi connectivity index (χ0) is 8.00. The van der Waals surface area contributed by atoms with Gasteiger partial charge < -0.3 is 46.0 Å². The van der Waals surface area contributed by atoms with Gasteiger partial charge in [-0.3, -0.25) is 0 Å². The predicted molar refractivity (Wildman–Crippen MR) is 27.4 cm³/mol. The molecule has 7 heteroatoms. The minimum Gasteiger partial charge on any atom is -0.577 e. The molecule has 0 unspecified atom stereocenters. The van der Waals surface area contributed by atoms with Crippen molar-refractivity contribution in [1.82, 2.24) is 0 Å². The first kappa shape index (κ1) is 58.0. The Morgan fingerprint density at radius 3 is 0.800 bits per heavy atom. The van der Waals surface area contributed by atoms with E-state index >= 15 is 0 Å². The molecule has 5 nitrogen and oxygen atoms in total. The van der Waals surface area contributed by atoms with Gasteiger partial charge in [-0.25, -0.2) is 0 Å². The summed E-state index contributed by atoms with van der Waals surface area (Å²) in [6.07, 6.45) is 0. The van der Waals surface area contributed by atoms with Crippen LogP contribution in [-0.2, 0) is 17.1 Å². The second-order valence-electron chi connectivity index (χ2n) is 0. The average molecular weight is 188 g/mol. The van der Waals surface area contributed by atoms with Crippen LogP contribution in [0.5, 0.6) is 0 Å². The quantitative estimate of drug-likeness (QED) is 0.400. The largest absolute Gasteiger partial charge is 2.00 e. The van der Waals surface area contributed by atoms with Crippen molar-refractivity contribution in [3.8, 4) is 0 Å². The summed E-state index contributed by atoms with van der Waals surface area (Å²) in [6.45, 7) is 14.2. The Morgan fingerprint density at radius 1 is 0.800 bits per heavy atom. The van der Waals surface area contributed by atoms with Gasteiger partial charge in [0.15, 0.2) is 0 Å². The van der Waals surface area contributed by atoms with Crippen LogP contribution < -0.4 is 0 Å². The van der Waals surface area contributed by atoms with Crippen molar-refractivity contribution in [1.29, 1.82) is 15.8 Å². The molecule has 0 aromatic rings. The van der Waals surface area contributed by atoms with E-state index in [1.807, 2.05) is 0 Å². The van der Waals surface area contributed by atoms with Crippen LogP contribution in [0.1, 0.15) is 0 Å². The molecule has 0 fully saturated rings. The van der Waals surface area contributed by atoms with Crippen molar-refractivity contribution >= 4 is 23.1 Å². The molecule has 0 aromatic carbocycles. The van der Waals surface area contributed by atoms with Gasteiger partial charge in [0.05, 0.1) is 0 Å². The molecule has 0 atom stereocenters. The van der Waals surface area contributed by atoms with Crippen molar-refractivity contribution in [3.63, 3.8) is 0 Å². The van der Waals surface area contributed by atoms with Crippen molar-refractivity contribution in [2.24, 2.45) is 0 Å². The Morgan fingerprint density at radius 2 is 0.800 bits per heavy atom. The maximum atomic E-state index is 7.25. The normalized spacial score (nSPS) is 1.00. The van der Waals surface area contributed by atoms with Gasteiger partial charge in [-0.2, -0.15) is 0 Å². The maximum Gasteiger partial charge on any atom is 2.00 e. The summed E-state index contributed by atoms with van der Waals surface area (Å²) < 4.78 is 0. The van der Waals surface area contributed by atoms with Crippen LogP contribution in [-0.4, -0.2) is 23.1 Å². The van der Waals surface area contributed by atoms with Crippen LogP contribution in [0.3, 0.4) is 0 Å². The third-order valence-corrected chi connectivity index (χ3v) is 0. The monoisotopic (exact) mass is 188 g/mol. The summed E-state index contributed by atoms with van der Waals surface area (Å²) >= 11 is 0. The number of nitrogens with zero attached hydrogens (tertiary/aromatic N) is 4. The summed E-state index contributed by atoms with van der Waals surface area (Å²) in [7, 11) is 0. The second-order valence-corrected chi connectivity index (χ2v) is 0. The fraction of sp³-hybridized carbons (Fsp3) is 0. The molecule has 0 saturated heterocycles. The summed E-state index contributed by atoms with van der Waals surface area (Å²) in [5.74, 6) is 0. The van der Waals surface area contributed by atoms with Crippen LogP contribution in [0.4, 0.5) is 0 Å². The fourth-order valence-corrected chi connectivity index (χ4v) is 0. The standard InChI is InChI=1S/3CN.Fe.Mg.NO/c3*1-2;;;1-2/q3*-1;2*+2;-1. The zero-order valence-electron chi connectivity index (χ0n) is 4.76. The smallest absolute Gasteiger partial charge is 0.577 e. The van der Waals surface area contributed by atoms with E-state index in [0.717, 1.165) is 0 Å². The van der Waals surface area contributed by atoms with E-state index in [2.05, 4.69) is 0 Å². The Balaban J connectivity index is -0.00000000500. The van der Waals surface area contributed by atoms with E-state index in [-0.39, 0.29) is 40.1 Å². The molecule has 0 radical (unpaired) electrons. The van der Waals surface area contributed by atoms with Crippen molar-refractivity contribution < 1.29 is 17.1 Å². The summed E-state index contributed by atoms with van der Waals surface area (Å²) in [5.41, 5.74) is 5.75. The molecular formula is C3FeMgN4O. The van der Waals surface area contributed by atoms with Gasteiger partial charge in [-0.1, -0.05) is 0 Å².